The number of aromatic nitrogens is 1. The summed E-state index contributed by atoms with van der Waals surface area (Å²) in [5.74, 6) is 0.938. The topological polar surface area (TPSA) is 52.6 Å². The third-order valence-corrected chi connectivity index (χ3v) is 6.67. The van der Waals surface area contributed by atoms with Gasteiger partial charge in [-0.1, -0.05) is 37.3 Å². The monoisotopic (exact) mass is 413 g/mol. The number of hydrogen-bond acceptors (Lipinski definition) is 4. The van der Waals surface area contributed by atoms with Crippen molar-refractivity contribution in [3.63, 3.8) is 0 Å². The third kappa shape index (κ3) is 6.82. The van der Waals surface area contributed by atoms with Crippen molar-refractivity contribution in [3.05, 3.63) is 52.0 Å². The van der Waals surface area contributed by atoms with Gasteiger partial charge in [-0.05, 0) is 38.7 Å². The highest BCUT2D eigenvalue weighted by molar-refractivity contribution is 7.11. The van der Waals surface area contributed by atoms with Crippen molar-refractivity contribution in [2.24, 2.45) is 4.99 Å². The lowest BCUT2D eigenvalue weighted by atomic mass is 9.97. The van der Waals surface area contributed by atoms with Crippen LogP contribution in [0.25, 0.3) is 0 Å². The first-order valence-corrected chi connectivity index (χ1v) is 11.8. The van der Waals surface area contributed by atoms with Crippen LogP contribution in [-0.4, -0.2) is 47.6 Å². The van der Waals surface area contributed by atoms with E-state index in [-0.39, 0.29) is 0 Å². The smallest absolute Gasteiger partial charge is 0.191 e. The quantitative estimate of drug-likeness (QED) is 0.510. The number of likely N-dealkylation sites (tertiary alicyclic amines) is 1. The number of guanidine groups is 1. The first-order chi connectivity index (χ1) is 14.2. The lowest BCUT2D eigenvalue weighted by molar-refractivity contribution is 0.134. The van der Waals surface area contributed by atoms with Gasteiger partial charge in [-0.25, -0.2) is 4.98 Å². The number of aliphatic imine (C=N–C) groups is 1. The van der Waals surface area contributed by atoms with E-state index in [1.165, 1.54) is 15.4 Å². The lowest BCUT2D eigenvalue weighted by Gasteiger charge is -2.38. The van der Waals surface area contributed by atoms with Gasteiger partial charge in [0.2, 0.25) is 0 Å². The second-order valence-electron chi connectivity index (χ2n) is 7.76. The molecule has 0 radical (unpaired) electrons. The number of piperidine rings is 1. The number of nitrogens with one attached hydrogen (secondary N) is 2. The van der Waals surface area contributed by atoms with E-state index in [1.54, 1.807) is 0 Å². The minimum Gasteiger partial charge on any atom is -0.357 e. The molecule has 1 saturated heterocycles. The fraction of sp³-hybridized carbons (Fsp3) is 0.565. The highest BCUT2D eigenvalue weighted by Crippen LogP contribution is 2.20. The van der Waals surface area contributed by atoms with Crippen molar-refractivity contribution in [2.45, 2.75) is 65.1 Å². The first kappa shape index (κ1) is 21.8. The van der Waals surface area contributed by atoms with E-state index in [9.17, 15) is 0 Å². The molecule has 0 spiro atoms. The Morgan fingerprint density at radius 2 is 2.10 bits per heavy atom. The van der Waals surface area contributed by atoms with E-state index in [4.69, 9.17) is 4.99 Å². The molecule has 2 heterocycles. The molecule has 5 nitrogen and oxygen atoms in total. The number of aryl methyl sites for hydroxylation is 1. The second kappa shape index (κ2) is 11.3. The van der Waals surface area contributed by atoms with Gasteiger partial charge in [0.25, 0.3) is 0 Å². The number of nitrogens with zero attached hydrogens (tertiary/aromatic N) is 3. The Balaban J connectivity index is 1.48. The van der Waals surface area contributed by atoms with Crippen LogP contribution in [0.3, 0.4) is 0 Å². The summed E-state index contributed by atoms with van der Waals surface area (Å²) in [5, 5.41) is 8.26. The summed E-state index contributed by atoms with van der Waals surface area (Å²) in [4.78, 5) is 13.2. The zero-order chi connectivity index (χ0) is 20.5. The Kier molecular flexibility index (Phi) is 8.50. The minimum atomic E-state index is 0.474. The van der Waals surface area contributed by atoms with Crippen LogP contribution in [0.4, 0.5) is 0 Å². The van der Waals surface area contributed by atoms with Crippen molar-refractivity contribution in [3.8, 4) is 0 Å². The summed E-state index contributed by atoms with van der Waals surface area (Å²) in [7, 11) is 0. The van der Waals surface area contributed by atoms with Gasteiger partial charge in [0.15, 0.2) is 5.96 Å². The molecule has 1 fully saturated rings. The summed E-state index contributed by atoms with van der Waals surface area (Å²) in [5.41, 5.74) is 1.40. The molecule has 2 N–H and O–H groups in total. The lowest BCUT2D eigenvalue weighted by Crippen LogP contribution is -2.51. The number of rotatable bonds is 8. The molecule has 1 aliphatic heterocycles. The van der Waals surface area contributed by atoms with E-state index in [1.807, 2.05) is 17.5 Å². The summed E-state index contributed by atoms with van der Waals surface area (Å²) < 4.78 is 0. The largest absolute Gasteiger partial charge is 0.357 e. The molecule has 0 saturated carbocycles. The van der Waals surface area contributed by atoms with Crippen LogP contribution in [0, 0.1) is 0 Å². The molecule has 6 heteroatoms. The van der Waals surface area contributed by atoms with E-state index in [0.717, 1.165) is 57.8 Å². The molecule has 158 valence electrons. The Hall–Kier alpha value is -1.92. The third-order valence-electron chi connectivity index (χ3n) is 5.47. The molecule has 2 unspecified atom stereocenters. The first-order valence-electron chi connectivity index (χ1n) is 10.9. The average molecular weight is 414 g/mol. The zero-order valence-corrected chi connectivity index (χ0v) is 18.8. The van der Waals surface area contributed by atoms with Gasteiger partial charge in [-0.15, -0.1) is 11.3 Å². The number of thiazole rings is 1. The number of hydrogen-bond donors (Lipinski definition) is 2. The predicted molar refractivity (Wildman–Crippen MR) is 124 cm³/mol. The zero-order valence-electron chi connectivity index (χ0n) is 18.0. The Bertz CT molecular complexity index is 758. The molecule has 3 rings (SSSR count). The van der Waals surface area contributed by atoms with Gasteiger partial charge < -0.3 is 10.6 Å². The molecule has 1 aromatic heterocycles. The molecule has 2 atom stereocenters. The Morgan fingerprint density at radius 3 is 2.79 bits per heavy atom. The van der Waals surface area contributed by atoms with Gasteiger partial charge in [0.05, 0.1) is 5.01 Å². The van der Waals surface area contributed by atoms with E-state index >= 15 is 0 Å². The van der Waals surface area contributed by atoms with Gasteiger partial charge in [-0.3, -0.25) is 9.89 Å². The Labute approximate surface area is 179 Å². The Morgan fingerprint density at radius 1 is 1.28 bits per heavy atom. The molecule has 0 aliphatic carbocycles. The molecule has 29 heavy (non-hydrogen) atoms. The van der Waals surface area contributed by atoms with Crippen molar-refractivity contribution >= 4 is 17.3 Å². The van der Waals surface area contributed by atoms with E-state index in [0.29, 0.717) is 12.1 Å². The molecule has 0 amide bonds. The maximum atomic E-state index is 4.80. The highest BCUT2D eigenvalue weighted by atomic mass is 32.1. The molecule has 1 aromatic carbocycles. The van der Waals surface area contributed by atoms with Crippen LogP contribution >= 0.6 is 11.3 Å². The molecular formula is C23H35N5S. The summed E-state index contributed by atoms with van der Waals surface area (Å²) in [6.45, 7) is 10.4. The minimum absolute atomic E-state index is 0.474. The SMILES string of the molecule is CCNC(=NCCc1ncc(CC)s1)NC1CCN(Cc2ccccc2)C(C)C1. The van der Waals surface area contributed by atoms with Crippen LogP contribution in [0.5, 0.6) is 0 Å². The highest BCUT2D eigenvalue weighted by Gasteiger charge is 2.25. The fourth-order valence-electron chi connectivity index (χ4n) is 3.81. The predicted octanol–water partition coefficient (Wildman–Crippen LogP) is 3.86. The van der Waals surface area contributed by atoms with Gasteiger partial charge >= 0.3 is 0 Å². The maximum absolute atomic E-state index is 4.80. The van der Waals surface area contributed by atoms with Crippen LogP contribution in [0.1, 0.15) is 49.1 Å². The molecule has 1 aliphatic rings. The van der Waals surface area contributed by atoms with Gasteiger partial charge in [-0.2, -0.15) is 0 Å². The fourth-order valence-corrected chi connectivity index (χ4v) is 4.66. The molecule has 0 bridgehead atoms. The second-order valence-corrected chi connectivity index (χ2v) is 8.96. The summed E-state index contributed by atoms with van der Waals surface area (Å²) in [6, 6.07) is 11.8. The van der Waals surface area contributed by atoms with Crippen molar-refractivity contribution in [1.82, 2.24) is 20.5 Å². The van der Waals surface area contributed by atoms with E-state index in [2.05, 4.69) is 71.6 Å². The molecule has 2 aromatic rings. The normalized spacial score (nSPS) is 20.6. The van der Waals surface area contributed by atoms with Crippen LogP contribution in [0.15, 0.2) is 41.5 Å². The van der Waals surface area contributed by atoms with Gasteiger partial charge in [0, 0.05) is 55.8 Å². The average Bonchev–Trinajstić information content (AvgIpc) is 3.19. The maximum Gasteiger partial charge on any atom is 0.191 e. The summed E-state index contributed by atoms with van der Waals surface area (Å²) >= 11 is 1.81. The van der Waals surface area contributed by atoms with Crippen LogP contribution < -0.4 is 10.6 Å². The van der Waals surface area contributed by atoms with Crippen molar-refractivity contribution in [1.29, 1.82) is 0 Å². The number of benzene rings is 1. The van der Waals surface area contributed by atoms with Crippen molar-refractivity contribution in [2.75, 3.05) is 19.6 Å². The van der Waals surface area contributed by atoms with E-state index < -0.39 is 0 Å². The summed E-state index contributed by atoms with van der Waals surface area (Å²) in [6.07, 6.45) is 6.26. The van der Waals surface area contributed by atoms with Crippen LogP contribution in [-0.2, 0) is 19.4 Å². The standard InChI is InChI=1S/C23H35N5S/c1-4-21-16-26-22(29-21)11-13-25-23(24-5-2)27-20-12-14-28(18(3)15-20)17-19-9-7-6-8-10-19/h6-10,16,18,20H,4-5,11-15,17H2,1-3H3,(H2,24,25,27). The van der Waals surface area contributed by atoms with Gasteiger partial charge in [0.1, 0.15) is 0 Å². The molecular weight excluding hydrogens is 378 g/mol. The van der Waals surface area contributed by atoms with Crippen LogP contribution in [0.2, 0.25) is 0 Å². The van der Waals surface area contributed by atoms with Crippen molar-refractivity contribution < 1.29 is 0 Å².